The van der Waals surface area contributed by atoms with E-state index in [0.29, 0.717) is 35.3 Å². The highest BCUT2D eigenvalue weighted by atomic mass is 35.5. The standard InChI is InChI=1S/C27H34ClFN6O2/c1-18-13-20(28)5-6-22(18)32-26-21(24(36)15-31-37-16-19-3-4-19)14-23-27(25(26)29)30-17-35(23)12-11-34-9-7-33(2)8-10-34/h5-6,13-14,17,19,31-32H,3-4,7-12,15-16H2,1-2H3. The van der Waals surface area contributed by atoms with Crippen LogP contribution in [0.1, 0.15) is 28.8 Å². The number of carbonyl (C=O) groups is 1. The van der Waals surface area contributed by atoms with Crippen LogP contribution in [0.2, 0.25) is 5.02 Å². The van der Waals surface area contributed by atoms with Gasteiger partial charge in [0, 0.05) is 55.5 Å². The van der Waals surface area contributed by atoms with E-state index >= 15 is 4.39 Å². The lowest BCUT2D eigenvalue weighted by molar-refractivity contribution is 0.0335. The molecule has 0 unspecified atom stereocenters. The third kappa shape index (κ3) is 6.30. The van der Waals surface area contributed by atoms with Crippen LogP contribution < -0.4 is 10.8 Å². The fourth-order valence-electron chi connectivity index (χ4n) is 4.57. The lowest BCUT2D eigenvalue weighted by Crippen LogP contribution is -2.45. The number of aromatic nitrogens is 2. The fourth-order valence-corrected chi connectivity index (χ4v) is 4.80. The normalized spacial score (nSPS) is 17.0. The number of piperazine rings is 1. The molecule has 8 nitrogen and oxygen atoms in total. The summed E-state index contributed by atoms with van der Waals surface area (Å²) < 4.78 is 17.9. The molecule has 2 aliphatic rings. The summed E-state index contributed by atoms with van der Waals surface area (Å²) in [5, 5.41) is 3.73. The second kappa shape index (κ2) is 11.4. The van der Waals surface area contributed by atoms with Gasteiger partial charge < -0.3 is 19.6 Å². The van der Waals surface area contributed by atoms with Crippen molar-refractivity contribution in [3.8, 4) is 0 Å². The molecule has 5 rings (SSSR count). The molecule has 1 saturated carbocycles. The van der Waals surface area contributed by atoms with Crippen LogP contribution in [0.3, 0.4) is 0 Å². The SMILES string of the molecule is Cc1cc(Cl)ccc1Nc1c(C(=O)CNOCC2CC2)cc2c(ncn2CCN2CCN(C)CC2)c1F. The van der Waals surface area contributed by atoms with Gasteiger partial charge in [0.25, 0.3) is 0 Å². The average molecular weight is 529 g/mol. The zero-order valence-corrected chi connectivity index (χ0v) is 22.2. The van der Waals surface area contributed by atoms with Crippen LogP contribution in [0.25, 0.3) is 11.0 Å². The Balaban J connectivity index is 1.42. The average Bonchev–Trinajstić information content (AvgIpc) is 3.62. The first kappa shape index (κ1) is 26.1. The summed E-state index contributed by atoms with van der Waals surface area (Å²) in [6.07, 6.45) is 3.97. The molecule has 3 aromatic rings. The monoisotopic (exact) mass is 528 g/mol. The Morgan fingerprint density at radius 3 is 2.70 bits per heavy atom. The van der Waals surface area contributed by atoms with Gasteiger partial charge in [0.15, 0.2) is 11.6 Å². The smallest absolute Gasteiger partial charge is 0.181 e. The molecule has 1 aromatic heterocycles. The summed E-state index contributed by atoms with van der Waals surface area (Å²) in [4.78, 5) is 27.9. The Bertz CT molecular complexity index is 1270. The maximum Gasteiger partial charge on any atom is 0.181 e. The number of hydrogen-bond acceptors (Lipinski definition) is 7. The van der Waals surface area contributed by atoms with Crippen molar-refractivity contribution < 1.29 is 14.0 Å². The van der Waals surface area contributed by atoms with Crippen LogP contribution in [0.4, 0.5) is 15.8 Å². The van der Waals surface area contributed by atoms with Crippen LogP contribution in [0.15, 0.2) is 30.6 Å². The molecule has 1 aliphatic carbocycles. The molecule has 1 saturated heterocycles. The number of hydrogen-bond donors (Lipinski definition) is 2. The van der Waals surface area contributed by atoms with Crippen molar-refractivity contribution in [1.29, 1.82) is 0 Å². The first-order valence-electron chi connectivity index (χ1n) is 12.9. The van der Waals surface area contributed by atoms with Crippen molar-refractivity contribution in [2.75, 3.05) is 58.2 Å². The highest BCUT2D eigenvalue weighted by molar-refractivity contribution is 6.30. The van der Waals surface area contributed by atoms with Crippen LogP contribution >= 0.6 is 11.6 Å². The highest BCUT2D eigenvalue weighted by Crippen LogP contribution is 2.33. The highest BCUT2D eigenvalue weighted by Gasteiger charge is 2.24. The summed E-state index contributed by atoms with van der Waals surface area (Å²) >= 11 is 6.11. The van der Waals surface area contributed by atoms with E-state index in [1.807, 2.05) is 11.5 Å². The zero-order valence-electron chi connectivity index (χ0n) is 21.4. The number of ketones is 1. The number of likely N-dealkylation sites (N-methyl/N-ethyl adjacent to an activating group) is 1. The third-order valence-corrected chi connectivity index (χ3v) is 7.44. The Hall–Kier alpha value is -2.56. The Labute approximate surface area is 221 Å². The quantitative estimate of drug-likeness (QED) is 0.219. The number of Topliss-reactive ketones (excluding diaryl/α,β-unsaturated/α-hetero) is 1. The molecule has 0 bridgehead atoms. The van der Waals surface area contributed by atoms with E-state index in [4.69, 9.17) is 16.4 Å². The Morgan fingerprint density at radius 1 is 1.19 bits per heavy atom. The number of anilines is 2. The summed E-state index contributed by atoms with van der Waals surface area (Å²) in [5.41, 5.74) is 5.48. The lowest BCUT2D eigenvalue weighted by Gasteiger charge is -2.32. The van der Waals surface area contributed by atoms with Crippen molar-refractivity contribution in [3.63, 3.8) is 0 Å². The zero-order chi connectivity index (χ0) is 25.9. The minimum atomic E-state index is -0.549. The minimum Gasteiger partial charge on any atom is -0.352 e. The van der Waals surface area contributed by atoms with E-state index in [1.165, 1.54) is 0 Å². The largest absolute Gasteiger partial charge is 0.352 e. The van der Waals surface area contributed by atoms with Crippen molar-refractivity contribution in [3.05, 3.63) is 52.6 Å². The molecule has 0 radical (unpaired) electrons. The Kier molecular flexibility index (Phi) is 8.07. The number of hydroxylamine groups is 1. The molecule has 1 aliphatic heterocycles. The molecule has 2 heterocycles. The number of nitrogens with one attached hydrogen (secondary N) is 2. The molecule has 0 amide bonds. The van der Waals surface area contributed by atoms with E-state index in [0.717, 1.165) is 51.1 Å². The maximum absolute atomic E-state index is 16.0. The van der Waals surface area contributed by atoms with Gasteiger partial charge in [-0.25, -0.2) is 9.37 Å². The second-order valence-corrected chi connectivity index (χ2v) is 10.6. The van der Waals surface area contributed by atoms with Gasteiger partial charge in [-0.1, -0.05) is 11.6 Å². The fraction of sp³-hybridized carbons (Fsp3) is 0.481. The molecule has 0 atom stereocenters. The number of rotatable bonds is 11. The Morgan fingerprint density at radius 2 is 1.97 bits per heavy atom. The van der Waals surface area contributed by atoms with Crippen LogP contribution in [0, 0.1) is 18.7 Å². The van der Waals surface area contributed by atoms with E-state index in [2.05, 4.69) is 32.6 Å². The van der Waals surface area contributed by atoms with E-state index < -0.39 is 5.82 Å². The van der Waals surface area contributed by atoms with E-state index in [9.17, 15) is 4.79 Å². The predicted molar refractivity (Wildman–Crippen MR) is 144 cm³/mol. The number of aryl methyl sites for hydroxylation is 1. The van der Waals surface area contributed by atoms with Crippen molar-refractivity contribution in [1.82, 2.24) is 24.8 Å². The summed E-state index contributed by atoms with van der Waals surface area (Å²) in [6.45, 7) is 7.98. The van der Waals surface area contributed by atoms with Gasteiger partial charge >= 0.3 is 0 Å². The van der Waals surface area contributed by atoms with Gasteiger partial charge in [0.2, 0.25) is 0 Å². The second-order valence-electron chi connectivity index (χ2n) is 10.1. The summed E-state index contributed by atoms with van der Waals surface area (Å²) in [7, 11) is 2.13. The number of halogens is 2. The van der Waals surface area contributed by atoms with E-state index in [-0.39, 0.29) is 29.1 Å². The third-order valence-electron chi connectivity index (χ3n) is 7.21. The molecule has 2 fully saturated rings. The number of nitrogens with zero attached hydrogens (tertiary/aromatic N) is 4. The van der Waals surface area contributed by atoms with Gasteiger partial charge in [-0.15, -0.1) is 0 Å². The summed E-state index contributed by atoms with van der Waals surface area (Å²) in [5.74, 6) is -0.249. The van der Waals surface area contributed by atoms with Crippen LogP contribution in [-0.4, -0.2) is 78.1 Å². The molecule has 198 valence electrons. The van der Waals surface area contributed by atoms with Crippen LogP contribution in [-0.2, 0) is 11.4 Å². The van der Waals surface area contributed by atoms with Crippen molar-refractivity contribution in [2.24, 2.45) is 5.92 Å². The number of carbonyl (C=O) groups excluding carboxylic acids is 1. The molecule has 0 spiro atoms. The first-order valence-corrected chi connectivity index (χ1v) is 13.3. The topological polar surface area (TPSA) is 74.7 Å². The van der Waals surface area contributed by atoms with Gasteiger partial charge in [0.05, 0.1) is 30.7 Å². The number of fused-ring (bicyclic) bond motifs is 1. The lowest BCUT2D eigenvalue weighted by atomic mass is 10.1. The predicted octanol–water partition coefficient (Wildman–Crippen LogP) is 4.24. The molecule has 10 heteroatoms. The molecule has 2 aromatic carbocycles. The van der Waals surface area contributed by atoms with Crippen LogP contribution in [0.5, 0.6) is 0 Å². The van der Waals surface area contributed by atoms with Gasteiger partial charge in [-0.05, 0) is 62.6 Å². The van der Waals surface area contributed by atoms with Crippen molar-refractivity contribution in [2.45, 2.75) is 26.3 Å². The van der Waals surface area contributed by atoms with E-state index in [1.54, 1.807) is 30.6 Å². The van der Waals surface area contributed by atoms with Gasteiger partial charge in [-0.3, -0.25) is 9.69 Å². The van der Waals surface area contributed by atoms with Gasteiger partial charge in [0.1, 0.15) is 5.52 Å². The van der Waals surface area contributed by atoms with Gasteiger partial charge in [-0.2, -0.15) is 5.48 Å². The number of imidazole rings is 1. The first-order chi connectivity index (χ1) is 17.9. The molecule has 37 heavy (non-hydrogen) atoms. The molecular formula is C27H34ClFN6O2. The maximum atomic E-state index is 16.0. The summed E-state index contributed by atoms with van der Waals surface area (Å²) in [6, 6.07) is 7.05. The molecular weight excluding hydrogens is 495 g/mol. The van der Waals surface area contributed by atoms with Crippen molar-refractivity contribution >= 4 is 39.8 Å². The minimum absolute atomic E-state index is 0.0542. The number of benzene rings is 2. The molecule has 2 N–H and O–H groups in total.